The van der Waals surface area contributed by atoms with Crippen molar-refractivity contribution in [2.24, 2.45) is 5.92 Å². The zero-order valence-electron chi connectivity index (χ0n) is 12.5. The third kappa shape index (κ3) is 5.27. The molecule has 0 heterocycles. The fourth-order valence-electron chi connectivity index (χ4n) is 1.62. The van der Waals surface area contributed by atoms with E-state index >= 15 is 0 Å². The maximum Gasteiger partial charge on any atom is 0.309 e. The fourth-order valence-corrected chi connectivity index (χ4v) is 2.53. The largest absolute Gasteiger partial charge is 0.466 e. The van der Waals surface area contributed by atoms with E-state index in [9.17, 15) is 4.79 Å². The van der Waals surface area contributed by atoms with Crippen molar-refractivity contribution in [2.75, 3.05) is 12.4 Å². The van der Waals surface area contributed by atoms with Crippen LogP contribution in [0.4, 0.5) is 0 Å². The molecular weight excluding hydrogens is 256 g/mol. The first-order chi connectivity index (χ1) is 8.84. The minimum absolute atomic E-state index is 0.0627. The third-order valence-electron chi connectivity index (χ3n) is 2.91. The van der Waals surface area contributed by atoms with Gasteiger partial charge in [-0.05, 0) is 30.0 Å². The highest BCUT2D eigenvalue weighted by molar-refractivity contribution is 7.99. The molecule has 2 nitrogen and oxygen atoms in total. The summed E-state index contributed by atoms with van der Waals surface area (Å²) in [4.78, 5) is 12.7. The zero-order valence-corrected chi connectivity index (χ0v) is 13.3. The van der Waals surface area contributed by atoms with E-state index in [0.29, 0.717) is 6.61 Å². The van der Waals surface area contributed by atoms with Crippen LogP contribution in [0.25, 0.3) is 0 Å². The van der Waals surface area contributed by atoms with Gasteiger partial charge in [-0.1, -0.05) is 39.8 Å². The lowest BCUT2D eigenvalue weighted by molar-refractivity contribution is -0.146. The highest BCUT2D eigenvalue weighted by Crippen LogP contribution is 2.26. The Morgan fingerprint density at radius 2 is 1.84 bits per heavy atom. The summed E-state index contributed by atoms with van der Waals surface area (Å²) in [6, 6.07) is 8.58. The number of hydrogen-bond donors (Lipinski definition) is 0. The van der Waals surface area contributed by atoms with E-state index in [-0.39, 0.29) is 17.3 Å². The van der Waals surface area contributed by atoms with Crippen LogP contribution in [0.15, 0.2) is 29.2 Å². The second-order valence-electron chi connectivity index (χ2n) is 5.74. The molecule has 0 N–H and O–H groups in total. The Balaban J connectivity index is 2.53. The van der Waals surface area contributed by atoms with Gasteiger partial charge in [0.2, 0.25) is 0 Å². The van der Waals surface area contributed by atoms with Crippen LogP contribution in [0.3, 0.4) is 0 Å². The van der Waals surface area contributed by atoms with Gasteiger partial charge in [-0.3, -0.25) is 4.79 Å². The number of thioether (sulfide) groups is 1. The third-order valence-corrected chi connectivity index (χ3v) is 4.18. The Labute approximate surface area is 120 Å². The van der Waals surface area contributed by atoms with Crippen molar-refractivity contribution in [1.29, 1.82) is 0 Å². The van der Waals surface area contributed by atoms with Gasteiger partial charge in [-0.25, -0.2) is 0 Å². The zero-order chi connectivity index (χ0) is 14.5. The lowest BCUT2D eigenvalue weighted by Crippen LogP contribution is -2.16. The van der Waals surface area contributed by atoms with Crippen LogP contribution in [-0.2, 0) is 14.9 Å². The number of carbonyl (C=O) groups excluding carboxylic acids is 1. The first kappa shape index (κ1) is 16.1. The lowest BCUT2D eigenvalue weighted by Gasteiger charge is -2.19. The van der Waals surface area contributed by atoms with Crippen molar-refractivity contribution in [3.63, 3.8) is 0 Å². The molecule has 1 aromatic rings. The topological polar surface area (TPSA) is 26.3 Å². The number of carbonyl (C=O) groups is 1. The summed E-state index contributed by atoms with van der Waals surface area (Å²) in [7, 11) is 0. The maximum absolute atomic E-state index is 11.5. The molecule has 0 saturated heterocycles. The lowest BCUT2D eigenvalue weighted by atomic mass is 9.87. The van der Waals surface area contributed by atoms with Gasteiger partial charge in [-0.15, -0.1) is 11.8 Å². The van der Waals surface area contributed by atoms with E-state index in [1.54, 1.807) is 11.8 Å². The van der Waals surface area contributed by atoms with E-state index in [1.807, 2.05) is 13.8 Å². The molecule has 0 aliphatic carbocycles. The molecule has 1 rings (SSSR count). The fraction of sp³-hybridized carbons (Fsp3) is 0.562. The first-order valence-electron chi connectivity index (χ1n) is 6.74. The normalized spacial score (nSPS) is 13.1. The summed E-state index contributed by atoms with van der Waals surface area (Å²) in [5, 5.41) is 0. The van der Waals surface area contributed by atoms with Crippen LogP contribution in [-0.4, -0.2) is 18.3 Å². The number of benzene rings is 1. The number of hydrogen-bond acceptors (Lipinski definition) is 3. The molecule has 0 aromatic heterocycles. The van der Waals surface area contributed by atoms with Gasteiger partial charge >= 0.3 is 5.97 Å². The van der Waals surface area contributed by atoms with Gasteiger partial charge in [-0.2, -0.15) is 0 Å². The number of rotatable bonds is 5. The second-order valence-corrected chi connectivity index (χ2v) is 6.83. The molecule has 0 aliphatic rings. The molecule has 0 fully saturated rings. The van der Waals surface area contributed by atoms with E-state index in [0.717, 1.165) is 5.75 Å². The Hall–Kier alpha value is -0.960. The minimum atomic E-state index is -0.110. The highest BCUT2D eigenvalue weighted by atomic mass is 32.2. The van der Waals surface area contributed by atoms with Gasteiger partial charge in [0, 0.05) is 10.6 Å². The van der Waals surface area contributed by atoms with Gasteiger partial charge in [0.15, 0.2) is 0 Å². The van der Waals surface area contributed by atoms with Crippen molar-refractivity contribution in [3.8, 4) is 0 Å². The van der Waals surface area contributed by atoms with Crippen LogP contribution in [0.5, 0.6) is 0 Å². The molecule has 0 saturated carbocycles. The van der Waals surface area contributed by atoms with E-state index < -0.39 is 0 Å². The summed E-state index contributed by atoms with van der Waals surface area (Å²) in [6.07, 6.45) is 0. The molecule has 0 aliphatic heterocycles. The number of ether oxygens (including phenoxy) is 1. The molecule has 0 bridgehead atoms. The van der Waals surface area contributed by atoms with Crippen LogP contribution in [0, 0.1) is 5.92 Å². The Bertz CT molecular complexity index is 404. The molecule has 0 amide bonds. The van der Waals surface area contributed by atoms with Crippen LogP contribution in [0.2, 0.25) is 0 Å². The van der Waals surface area contributed by atoms with Gasteiger partial charge in [0.1, 0.15) is 0 Å². The average Bonchev–Trinajstić information content (AvgIpc) is 2.35. The standard InChI is InChI=1S/C16H24O2S/c1-6-18-15(17)12(2)11-19-14-9-7-13(8-10-14)16(3,4)5/h7-10,12H,6,11H2,1-5H3. The SMILES string of the molecule is CCOC(=O)C(C)CSc1ccc(C(C)(C)C)cc1. The summed E-state index contributed by atoms with van der Waals surface area (Å²) >= 11 is 1.70. The van der Waals surface area contributed by atoms with Crippen molar-refractivity contribution in [1.82, 2.24) is 0 Å². The average molecular weight is 280 g/mol. The van der Waals surface area contributed by atoms with E-state index in [4.69, 9.17) is 4.74 Å². The monoisotopic (exact) mass is 280 g/mol. The van der Waals surface area contributed by atoms with Crippen molar-refractivity contribution < 1.29 is 9.53 Å². The van der Waals surface area contributed by atoms with Crippen molar-refractivity contribution in [2.45, 2.75) is 44.9 Å². The molecule has 19 heavy (non-hydrogen) atoms. The second kappa shape index (κ2) is 6.99. The Morgan fingerprint density at radius 3 is 2.32 bits per heavy atom. The summed E-state index contributed by atoms with van der Waals surface area (Å²) in [5.74, 6) is 0.585. The van der Waals surface area contributed by atoms with Crippen LogP contribution < -0.4 is 0 Å². The molecular formula is C16H24O2S. The van der Waals surface area contributed by atoms with Crippen molar-refractivity contribution in [3.05, 3.63) is 29.8 Å². The summed E-state index contributed by atoms with van der Waals surface area (Å²) in [5.41, 5.74) is 1.51. The van der Waals surface area contributed by atoms with Gasteiger partial charge in [0.05, 0.1) is 12.5 Å². The molecule has 1 unspecified atom stereocenters. The quantitative estimate of drug-likeness (QED) is 0.595. The molecule has 0 radical (unpaired) electrons. The molecule has 0 spiro atoms. The van der Waals surface area contributed by atoms with E-state index in [1.165, 1.54) is 10.5 Å². The molecule has 1 atom stereocenters. The van der Waals surface area contributed by atoms with E-state index in [2.05, 4.69) is 45.0 Å². The molecule has 3 heteroatoms. The van der Waals surface area contributed by atoms with Crippen LogP contribution >= 0.6 is 11.8 Å². The highest BCUT2D eigenvalue weighted by Gasteiger charge is 2.15. The van der Waals surface area contributed by atoms with Gasteiger partial charge in [0.25, 0.3) is 0 Å². The summed E-state index contributed by atoms with van der Waals surface area (Å²) in [6.45, 7) is 10.8. The van der Waals surface area contributed by atoms with Gasteiger partial charge < -0.3 is 4.74 Å². The summed E-state index contributed by atoms with van der Waals surface area (Å²) < 4.78 is 5.00. The first-order valence-corrected chi connectivity index (χ1v) is 7.73. The Morgan fingerprint density at radius 1 is 1.26 bits per heavy atom. The Kier molecular flexibility index (Phi) is 5.92. The molecule has 106 valence electrons. The predicted octanol–water partition coefficient (Wildman–Crippen LogP) is 4.28. The maximum atomic E-state index is 11.5. The molecule has 1 aromatic carbocycles. The predicted molar refractivity (Wildman–Crippen MR) is 81.7 cm³/mol. The smallest absolute Gasteiger partial charge is 0.309 e. The minimum Gasteiger partial charge on any atom is -0.466 e. The van der Waals surface area contributed by atoms with Crippen LogP contribution in [0.1, 0.15) is 40.2 Å². The van der Waals surface area contributed by atoms with Crippen molar-refractivity contribution >= 4 is 17.7 Å². The number of esters is 1.